The van der Waals surface area contributed by atoms with Crippen molar-refractivity contribution in [3.05, 3.63) is 28.8 Å². The van der Waals surface area contributed by atoms with Gasteiger partial charge in [-0.15, -0.1) is 0 Å². The standard InChI is InChI=1S/C10H10ClNO6S2.Na/c11-7-2-3-8-9(6-7)20(17,18)12(10(8)13)4-1-5-19(14,15)16;/h2-3,6H,1,4-5H2,(H,14,15,16);. The van der Waals surface area contributed by atoms with Gasteiger partial charge < -0.3 is 0 Å². The van der Waals surface area contributed by atoms with Crippen molar-refractivity contribution in [3.8, 4) is 0 Å². The maximum Gasteiger partial charge on any atom is 0.269 e. The molecule has 1 aromatic carbocycles. The summed E-state index contributed by atoms with van der Waals surface area (Å²) in [4.78, 5) is 11.8. The fourth-order valence-corrected chi connectivity index (χ4v) is 4.22. The normalized spacial score (nSPS) is 16.5. The predicted molar refractivity (Wildman–Crippen MR) is 76.5 cm³/mol. The fraction of sp³-hybridized carbons (Fsp3) is 0.300. The second-order valence-electron chi connectivity index (χ2n) is 4.16. The summed E-state index contributed by atoms with van der Waals surface area (Å²) in [6.45, 7) is -0.326. The summed E-state index contributed by atoms with van der Waals surface area (Å²) < 4.78 is 54.6. The molecule has 1 amide bonds. The van der Waals surface area contributed by atoms with Gasteiger partial charge >= 0.3 is 0 Å². The Morgan fingerprint density at radius 1 is 1.29 bits per heavy atom. The van der Waals surface area contributed by atoms with Crippen molar-refractivity contribution < 1.29 is 26.2 Å². The van der Waals surface area contributed by atoms with E-state index in [1.54, 1.807) is 0 Å². The quantitative estimate of drug-likeness (QED) is 0.612. The Balaban J connectivity index is 0.00000220. The Kier molecular flexibility index (Phi) is 5.87. The summed E-state index contributed by atoms with van der Waals surface area (Å²) >= 11 is 5.70. The van der Waals surface area contributed by atoms with Gasteiger partial charge in [0, 0.05) is 41.1 Å². The molecule has 0 saturated heterocycles. The number of nitrogens with zero attached hydrogens (tertiary/aromatic N) is 1. The van der Waals surface area contributed by atoms with Crippen LogP contribution < -0.4 is 0 Å². The van der Waals surface area contributed by atoms with E-state index in [-0.39, 0.29) is 58.0 Å². The minimum Gasteiger partial charge on any atom is -0.286 e. The van der Waals surface area contributed by atoms with Crippen LogP contribution in [0.2, 0.25) is 5.02 Å². The van der Waals surface area contributed by atoms with Gasteiger partial charge in [-0.05, 0) is 24.6 Å². The summed E-state index contributed by atoms with van der Waals surface area (Å²) in [5.41, 5.74) is 0.00116. The van der Waals surface area contributed by atoms with Crippen LogP contribution in [0.1, 0.15) is 16.8 Å². The van der Waals surface area contributed by atoms with Crippen molar-refractivity contribution in [1.29, 1.82) is 0 Å². The second kappa shape index (κ2) is 6.53. The number of fused-ring (bicyclic) bond motifs is 1. The first-order valence-electron chi connectivity index (χ1n) is 5.45. The zero-order valence-electron chi connectivity index (χ0n) is 11.0. The zero-order chi connectivity index (χ0) is 15.1. The predicted octanol–water partition coefficient (Wildman–Crippen LogP) is 0.382. The van der Waals surface area contributed by atoms with E-state index in [4.69, 9.17) is 16.2 Å². The van der Waals surface area contributed by atoms with Crippen LogP contribution in [0.4, 0.5) is 0 Å². The molecule has 2 rings (SSSR count). The van der Waals surface area contributed by atoms with E-state index in [9.17, 15) is 21.6 Å². The van der Waals surface area contributed by atoms with Crippen molar-refractivity contribution in [2.24, 2.45) is 0 Å². The van der Waals surface area contributed by atoms with Crippen LogP contribution in [0.5, 0.6) is 0 Å². The average Bonchev–Trinajstić information content (AvgIpc) is 2.48. The number of amides is 1. The topological polar surface area (TPSA) is 109 Å². The van der Waals surface area contributed by atoms with Gasteiger partial charge in [-0.3, -0.25) is 9.35 Å². The van der Waals surface area contributed by atoms with Gasteiger partial charge in [0.2, 0.25) is 0 Å². The molecule has 0 atom stereocenters. The number of carbonyl (C=O) groups is 1. The van der Waals surface area contributed by atoms with Crippen LogP contribution in [-0.4, -0.2) is 73.5 Å². The molecule has 1 heterocycles. The number of halogens is 1. The van der Waals surface area contributed by atoms with Crippen LogP contribution in [0.15, 0.2) is 23.1 Å². The average molecular weight is 363 g/mol. The Morgan fingerprint density at radius 3 is 2.48 bits per heavy atom. The number of carbonyl (C=O) groups excluding carboxylic acids is 1. The van der Waals surface area contributed by atoms with E-state index in [1.165, 1.54) is 18.2 Å². The molecule has 1 aliphatic heterocycles. The minimum atomic E-state index is -4.20. The van der Waals surface area contributed by atoms with Gasteiger partial charge in [-0.25, -0.2) is 12.7 Å². The first kappa shape index (κ1) is 18.9. The molecule has 1 N–H and O–H groups in total. The molecule has 111 valence electrons. The Labute approximate surface area is 149 Å². The van der Waals surface area contributed by atoms with E-state index in [0.717, 1.165) is 0 Å². The van der Waals surface area contributed by atoms with Crippen LogP contribution >= 0.6 is 11.6 Å². The Hall–Kier alpha value is -0.160. The second-order valence-corrected chi connectivity index (χ2v) is 8.00. The molecule has 7 nitrogen and oxygen atoms in total. The fourth-order valence-electron chi connectivity index (χ4n) is 1.86. The molecular weight excluding hydrogens is 353 g/mol. The zero-order valence-corrected chi connectivity index (χ0v) is 15.4. The first-order valence-corrected chi connectivity index (χ1v) is 8.87. The van der Waals surface area contributed by atoms with Crippen molar-refractivity contribution in [1.82, 2.24) is 4.31 Å². The molecule has 0 saturated carbocycles. The maximum absolute atomic E-state index is 12.1. The third-order valence-electron chi connectivity index (χ3n) is 2.73. The van der Waals surface area contributed by atoms with E-state index >= 15 is 0 Å². The molecule has 1 aliphatic rings. The van der Waals surface area contributed by atoms with Gasteiger partial charge in [-0.1, -0.05) is 11.6 Å². The maximum atomic E-state index is 12.1. The van der Waals surface area contributed by atoms with Gasteiger partial charge in [0.1, 0.15) is 4.90 Å². The number of hydrogen-bond donors (Lipinski definition) is 1. The monoisotopic (exact) mass is 362 g/mol. The molecule has 11 heteroatoms. The van der Waals surface area contributed by atoms with E-state index in [2.05, 4.69) is 0 Å². The molecular formula is C10H10ClNNaO6S2. The molecule has 0 bridgehead atoms. The SMILES string of the molecule is O=C1c2ccc(Cl)cc2S(=O)(=O)N1CCCS(=O)(=O)O.[Na]. The van der Waals surface area contributed by atoms with Crippen molar-refractivity contribution in [2.45, 2.75) is 11.3 Å². The van der Waals surface area contributed by atoms with Gasteiger partial charge in [0.05, 0.1) is 11.3 Å². The summed E-state index contributed by atoms with van der Waals surface area (Å²) in [5, 5.41) is 0.180. The summed E-state index contributed by atoms with van der Waals surface area (Å²) in [7, 11) is -8.21. The summed E-state index contributed by atoms with van der Waals surface area (Å²) in [6.07, 6.45) is -0.189. The molecule has 0 aliphatic carbocycles. The third kappa shape index (κ3) is 3.98. The van der Waals surface area contributed by atoms with Crippen LogP contribution in [0.3, 0.4) is 0 Å². The van der Waals surface area contributed by atoms with Gasteiger partial charge in [-0.2, -0.15) is 8.42 Å². The van der Waals surface area contributed by atoms with Crippen LogP contribution in [0.25, 0.3) is 0 Å². The minimum absolute atomic E-state index is 0. The molecule has 21 heavy (non-hydrogen) atoms. The molecule has 0 spiro atoms. The van der Waals surface area contributed by atoms with E-state index in [0.29, 0.717) is 4.31 Å². The number of rotatable bonds is 4. The van der Waals surface area contributed by atoms with Crippen molar-refractivity contribution in [2.75, 3.05) is 12.3 Å². The number of hydrogen-bond acceptors (Lipinski definition) is 5. The molecule has 1 aromatic rings. The van der Waals surface area contributed by atoms with E-state index < -0.39 is 31.8 Å². The largest absolute Gasteiger partial charge is 0.286 e. The molecule has 1 radical (unpaired) electrons. The number of sulfonamides is 1. The summed E-state index contributed by atoms with van der Waals surface area (Å²) in [6, 6.07) is 3.88. The smallest absolute Gasteiger partial charge is 0.269 e. The van der Waals surface area contributed by atoms with Crippen molar-refractivity contribution in [3.63, 3.8) is 0 Å². The molecule has 0 fully saturated rings. The van der Waals surface area contributed by atoms with Gasteiger partial charge in [0.25, 0.3) is 26.0 Å². The Bertz CT molecular complexity index is 777. The third-order valence-corrected chi connectivity index (χ3v) is 5.59. The first-order chi connectivity index (χ1) is 9.13. The Morgan fingerprint density at radius 2 is 1.90 bits per heavy atom. The van der Waals surface area contributed by atoms with Crippen molar-refractivity contribution >= 4 is 67.2 Å². The molecule has 0 unspecified atom stereocenters. The van der Waals surface area contributed by atoms with Crippen LogP contribution in [-0.2, 0) is 20.1 Å². The van der Waals surface area contributed by atoms with E-state index in [1.807, 2.05) is 0 Å². The summed E-state index contributed by atoms with van der Waals surface area (Å²) in [5.74, 6) is -1.35. The van der Waals surface area contributed by atoms with Crippen LogP contribution in [0, 0.1) is 0 Å². The molecule has 0 aromatic heterocycles. The number of benzene rings is 1. The van der Waals surface area contributed by atoms with Gasteiger partial charge in [0.15, 0.2) is 0 Å².